The second-order valence-electron chi connectivity index (χ2n) is 9.10. The fraction of sp³-hybridized carbons (Fsp3) is 0.423. The lowest BCUT2D eigenvalue weighted by atomic mass is 9.87. The number of aliphatic carboxylic acids is 1. The maximum atomic E-state index is 14.5. The predicted molar refractivity (Wildman–Crippen MR) is 123 cm³/mol. The number of carbonyl (C=O) groups excluding carboxylic acids is 2. The Labute approximate surface area is 201 Å². The van der Waals surface area contributed by atoms with Gasteiger partial charge in [0.2, 0.25) is 0 Å². The molecule has 186 valence electrons. The molecule has 2 aromatic rings. The van der Waals surface area contributed by atoms with Crippen LogP contribution in [-0.2, 0) is 4.79 Å². The van der Waals surface area contributed by atoms with E-state index in [0.29, 0.717) is 31.2 Å². The molecule has 0 spiro atoms. The van der Waals surface area contributed by atoms with Gasteiger partial charge in [-0.15, -0.1) is 0 Å². The summed E-state index contributed by atoms with van der Waals surface area (Å²) in [6, 6.07) is 8.37. The van der Waals surface area contributed by atoms with Crippen LogP contribution in [0, 0.1) is 17.6 Å². The molecular weight excluding hydrogens is 458 g/mol. The van der Waals surface area contributed by atoms with E-state index in [2.05, 4.69) is 10.6 Å². The minimum Gasteiger partial charge on any atom is -0.487 e. The zero-order valence-electron chi connectivity index (χ0n) is 19.2. The summed E-state index contributed by atoms with van der Waals surface area (Å²) in [4.78, 5) is 35.6. The first-order chi connectivity index (χ1) is 16.8. The Morgan fingerprint density at radius 3 is 1.91 bits per heavy atom. The van der Waals surface area contributed by atoms with Gasteiger partial charge in [0.15, 0.2) is 11.6 Å². The van der Waals surface area contributed by atoms with Crippen molar-refractivity contribution in [1.82, 2.24) is 10.6 Å². The Balaban J connectivity index is 1.21. The van der Waals surface area contributed by atoms with Crippen molar-refractivity contribution >= 4 is 17.8 Å². The molecule has 0 heterocycles. The van der Waals surface area contributed by atoms with Crippen LogP contribution >= 0.6 is 0 Å². The smallest absolute Gasteiger partial charge is 0.306 e. The highest BCUT2D eigenvalue weighted by atomic mass is 19.1. The van der Waals surface area contributed by atoms with Gasteiger partial charge in [0.25, 0.3) is 11.8 Å². The quantitative estimate of drug-likeness (QED) is 0.465. The van der Waals surface area contributed by atoms with Crippen LogP contribution in [0.25, 0.3) is 0 Å². The normalized spacial score (nSPS) is 19.6. The van der Waals surface area contributed by atoms with Crippen LogP contribution in [0.1, 0.15) is 70.7 Å². The molecule has 0 aromatic heterocycles. The Hall–Kier alpha value is -3.49. The summed E-state index contributed by atoms with van der Waals surface area (Å²) in [6.07, 6.45) is 3.71. The van der Waals surface area contributed by atoms with Gasteiger partial charge in [0, 0.05) is 24.2 Å². The predicted octanol–water partition coefficient (Wildman–Crippen LogP) is 4.02. The first kappa shape index (κ1) is 24.6. The number of benzene rings is 2. The number of rotatable bonds is 9. The van der Waals surface area contributed by atoms with Gasteiger partial charge in [-0.3, -0.25) is 14.4 Å². The van der Waals surface area contributed by atoms with Crippen LogP contribution in [0.4, 0.5) is 8.78 Å². The highest BCUT2D eigenvalue weighted by Gasteiger charge is 2.28. The van der Waals surface area contributed by atoms with E-state index in [1.165, 1.54) is 18.2 Å². The molecule has 4 rings (SSSR count). The van der Waals surface area contributed by atoms with E-state index < -0.39 is 23.6 Å². The van der Waals surface area contributed by atoms with Crippen LogP contribution in [0.2, 0.25) is 0 Å². The lowest BCUT2D eigenvalue weighted by Gasteiger charge is -2.27. The summed E-state index contributed by atoms with van der Waals surface area (Å²) in [7, 11) is 0. The third kappa shape index (κ3) is 6.35. The van der Waals surface area contributed by atoms with E-state index in [4.69, 9.17) is 9.84 Å². The number of ether oxygens (including phenoxy) is 1. The minimum atomic E-state index is -0.819. The van der Waals surface area contributed by atoms with Crippen LogP contribution in [0.15, 0.2) is 36.4 Å². The minimum absolute atomic E-state index is 0.0209. The average molecular weight is 487 g/mol. The molecule has 2 amide bonds. The number of hydrogen-bond donors (Lipinski definition) is 3. The molecule has 0 aliphatic heterocycles. The number of carboxylic acid groups (broad SMARTS) is 1. The van der Waals surface area contributed by atoms with E-state index in [1.54, 1.807) is 12.1 Å². The third-order valence-corrected chi connectivity index (χ3v) is 6.49. The maximum Gasteiger partial charge on any atom is 0.306 e. The van der Waals surface area contributed by atoms with Gasteiger partial charge in [-0.05, 0) is 80.3 Å². The van der Waals surface area contributed by atoms with Crippen molar-refractivity contribution in [3.63, 3.8) is 0 Å². The molecule has 2 aliphatic carbocycles. The number of carbonyl (C=O) groups is 3. The Bertz CT molecular complexity index is 1110. The largest absolute Gasteiger partial charge is 0.487 e. The number of carboxylic acids is 1. The molecule has 2 aliphatic rings. The van der Waals surface area contributed by atoms with Crippen molar-refractivity contribution in [3.05, 3.63) is 64.7 Å². The molecule has 2 aromatic carbocycles. The molecule has 0 unspecified atom stereocenters. The number of hydrogen-bond acceptors (Lipinski definition) is 4. The lowest BCUT2D eigenvalue weighted by molar-refractivity contribution is -0.143. The lowest BCUT2D eigenvalue weighted by Crippen LogP contribution is -2.34. The molecule has 0 bridgehead atoms. The molecule has 3 N–H and O–H groups in total. The highest BCUT2D eigenvalue weighted by molar-refractivity contribution is 5.95. The Morgan fingerprint density at radius 1 is 0.829 bits per heavy atom. The van der Waals surface area contributed by atoms with Crippen molar-refractivity contribution in [2.75, 3.05) is 13.1 Å². The molecule has 0 radical (unpaired) electrons. The zero-order valence-corrected chi connectivity index (χ0v) is 19.2. The monoisotopic (exact) mass is 486 g/mol. The van der Waals surface area contributed by atoms with Gasteiger partial charge in [-0.1, -0.05) is 6.07 Å². The van der Waals surface area contributed by atoms with Crippen LogP contribution in [0.3, 0.4) is 0 Å². The average Bonchev–Trinajstić information content (AvgIpc) is 3.68. The standard InChI is InChI=1S/C26H28F2N2O5/c27-21-13-17(5-9-20(21)15-1-2-15)24(31)29-11-12-30-25(32)18-6-10-23(22(28)14-18)35-19-7-3-16(4-8-19)26(33)34/h5-6,9-10,13-16,19H,1-4,7-8,11-12H2,(H,29,31)(H,30,32)(H,33,34)/t16-,19+. The number of amides is 2. The summed E-state index contributed by atoms with van der Waals surface area (Å²) in [5.74, 6) is -2.93. The summed E-state index contributed by atoms with van der Waals surface area (Å²) in [6.45, 7) is 0.235. The first-order valence-electron chi connectivity index (χ1n) is 11.9. The van der Waals surface area contributed by atoms with Crippen LogP contribution < -0.4 is 15.4 Å². The second kappa shape index (κ2) is 10.8. The molecule has 7 nitrogen and oxygen atoms in total. The van der Waals surface area contributed by atoms with Gasteiger partial charge in [0.1, 0.15) is 5.82 Å². The zero-order chi connectivity index (χ0) is 24.9. The molecule has 0 atom stereocenters. The topological polar surface area (TPSA) is 105 Å². The van der Waals surface area contributed by atoms with Crippen molar-refractivity contribution in [1.29, 1.82) is 0 Å². The maximum absolute atomic E-state index is 14.5. The second-order valence-corrected chi connectivity index (χ2v) is 9.10. The van der Waals surface area contributed by atoms with Crippen LogP contribution in [0.5, 0.6) is 5.75 Å². The highest BCUT2D eigenvalue weighted by Crippen LogP contribution is 2.41. The van der Waals surface area contributed by atoms with Gasteiger partial charge in [0.05, 0.1) is 12.0 Å². The molecular formula is C26H28F2N2O5. The van der Waals surface area contributed by atoms with Gasteiger partial charge < -0.3 is 20.5 Å². The van der Waals surface area contributed by atoms with Gasteiger partial charge >= 0.3 is 5.97 Å². The summed E-state index contributed by atoms with van der Waals surface area (Å²) in [5, 5.41) is 14.3. The van der Waals surface area contributed by atoms with E-state index >= 15 is 0 Å². The van der Waals surface area contributed by atoms with E-state index in [1.807, 2.05) is 0 Å². The summed E-state index contributed by atoms with van der Waals surface area (Å²) < 4.78 is 34.3. The molecule has 9 heteroatoms. The summed E-state index contributed by atoms with van der Waals surface area (Å²) >= 11 is 0. The fourth-order valence-electron chi connectivity index (χ4n) is 4.29. The van der Waals surface area contributed by atoms with Gasteiger partial charge in [-0.25, -0.2) is 8.78 Å². The van der Waals surface area contributed by atoms with Gasteiger partial charge in [-0.2, -0.15) is 0 Å². The Kier molecular flexibility index (Phi) is 7.63. The van der Waals surface area contributed by atoms with Crippen molar-refractivity contribution in [3.8, 4) is 5.75 Å². The fourth-order valence-corrected chi connectivity index (χ4v) is 4.29. The SMILES string of the molecule is O=C(NCCNC(=O)c1ccc(C2CC2)c(F)c1)c1ccc(O[C@H]2CC[C@@H](C(=O)O)CC2)c(F)c1. The molecule has 2 saturated carbocycles. The molecule has 2 fully saturated rings. The molecule has 35 heavy (non-hydrogen) atoms. The van der Waals surface area contributed by atoms with Crippen molar-refractivity contribution in [2.45, 2.75) is 50.5 Å². The van der Waals surface area contributed by atoms with E-state index in [-0.39, 0.29) is 53.7 Å². The number of halogens is 2. The van der Waals surface area contributed by atoms with E-state index in [0.717, 1.165) is 18.9 Å². The van der Waals surface area contributed by atoms with E-state index in [9.17, 15) is 23.2 Å². The third-order valence-electron chi connectivity index (χ3n) is 6.49. The molecule has 0 saturated heterocycles. The van der Waals surface area contributed by atoms with Crippen LogP contribution in [-0.4, -0.2) is 42.1 Å². The number of nitrogens with one attached hydrogen (secondary N) is 2. The Morgan fingerprint density at radius 2 is 1.40 bits per heavy atom. The van der Waals surface area contributed by atoms with Crippen molar-refractivity contribution < 1.29 is 33.0 Å². The first-order valence-corrected chi connectivity index (χ1v) is 11.9. The summed E-state index contributed by atoms with van der Waals surface area (Å²) in [5.41, 5.74) is 0.962. The van der Waals surface area contributed by atoms with Crippen molar-refractivity contribution in [2.24, 2.45) is 5.92 Å².